The predicted molar refractivity (Wildman–Crippen MR) is 72.7 cm³/mol. The van der Waals surface area contributed by atoms with Gasteiger partial charge in [0.05, 0.1) is 17.4 Å². The van der Waals surface area contributed by atoms with E-state index in [2.05, 4.69) is 5.32 Å². The van der Waals surface area contributed by atoms with Crippen molar-refractivity contribution in [2.24, 2.45) is 0 Å². The lowest BCUT2D eigenvalue weighted by atomic mass is 10.1. The smallest absolute Gasteiger partial charge is 0.336 e. The topological polar surface area (TPSA) is 79.5 Å². The minimum absolute atomic E-state index is 0.00445. The first-order valence-electron chi connectivity index (χ1n) is 6.23. The van der Waals surface area contributed by atoms with Crippen LogP contribution in [0.2, 0.25) is 0 Å². The van der Waals surface area contributed by atoms with Crippen LogP contribution in [0.5, 0.6) is 0 Å². The average molecular weight is 273 g/mol. The van der Waals surface area contributed by atoms with Gasteiger partial charge in [-0.2, -0.15) is 0 Å². The summed E-state index contributed by atoms with van der Waals surface area (Å²) in [6.07, 6.45) is 2.12. The Morgan fingerprint density at radius 2 is 1.90 bits per heavy atom. The summed E-state index contributed by atoms with van der Waals surface area (Å²) < 4.78 is 5.21. The molecule has 0 saturated carbocycles. The van der Waals surface area contributed by atoms with Crippen LogP contribution in [0, 0.1) is 0 Å². The van der Waals surface area contributed by atoms with Crippen molar-refractivity contribution in [3.8, 4) is 0 Å². The molecule has 0 fully saturated rings. The first kappa shape index (κ1) is 13.9. The number of furan rings is 1. The lowest BCUT2D eigenvalue weighted by molar-refractivity contribution is 0.0690. The van der Waals surface area contributed by atoms with Crippen molar-refractivity contribution in [3.63, 3.8) is 0 Å². The van der Waals surface area contributed by atoms with Crippen LogP contribution >= 0.6 is 0 Å². The highest BCUT2D eigenvalue weighted by Crippen LogP contribution is 2.10. The molecule has 2 aromatic rings. The number of nitrogens with one attached hydrogen (secondary N) is 1. The summed E-state index contributed by atoms with van der Waals surface area (Å²) in [5.41, 5.74) is 0.154. The highest BCUT2D eigenvalue weighted by Gasteiger charge is 2.17. The van der Waals surface area contributed by atoms with Gasteiger partial charge in [0, 0.05) is 12.5 Å². The van der Waals surface area contributed by atoms with Gasteiger partial charge in [0.1, 0.15) is 5.76 Å². The van der Waals surface area contributed by atoms with Gasteiger partial charge in [-0.25, -0.2) is 4.79 Å². The quantitative estimate of drug-likeness (QED) is 0.876. The van der Waals surface area contributed by atoms with Crippen LogP contribution in [0.25, 0.3) is 0 Å². The van der Waals surface area contributed by atoms with Gasteiger partial charge in [-0.15, -0.1) is 0 Å². The van der Waals surface area contributed by atoms with E-state index in [1.165, 1.54) is 12.1 Å². The zero-order valence-electron chi connectivity index (χ0n) is 11.0. The number of carboxylic acid groups (broad SMARTS) is 1. The number of aromatic carboxylic acids is 1. The Labute approximate surface area is 116 Å². The largest absolute Gasteiger partial charge is 0.478 e. The molecular weight excluding hydrogens is 258 g/mol. The summed E-state index contributed by atoms with van der Waals surface area (Å²) in [5.74, 6) is -0.749. The molecule has 0 saturated heterocycles. The van der Waals surface area contributed by atoms with Crippen LogP contribution in [0.15, 0.2) is 47.1 Å². The molecule has 0 spiro atoms. The van der Waals surface area contributed by atoms with Crippen LogP contribution in [0.4, 0.5) is 0 Å². The summed E-state index contributed by atoms with van der Waals surface area (Å²) >= 11 is 0. The number of rotatable bonds is 5. The molecule has 0 bridgehead atoms. The molecule has 104 valence electrons. The van der Waals surface area contributed by atoms with Gasteiger partial charge >= 0.3 is 5.97 Å². The number of benzene rings is 1. The zero-order chi connectivity index (χ0) is 14.5. The van der Waals surface area contributed by atoms with Gasteiger partial charge in [0.15, 0.2) is 0 Å². The maximum Gasteiger partial charge on any atom is 0.336 e. The molecule has 20 heavy (non-hydrogen) atoms. The Hall–Kier alpha value is -2.56. The highest BCUT2D eigenvalue weighted by atomic mass is 16.4. The number of hydrogen-bond acceptors (Lipinski definition) is 3. The number of carboxylic acids is 1. The Kier molecular flexibility index (Phi) is 4.20. The second kappa shape index (κ2) is 6.06. The van der Waals surface area contributed by atoms with Crippen molar-refractivity contribution in [3.05, 3.63) is 59.5 Å². The molecule has 2 N–H and O–H groups in total. The third kappa shape index (κ3) is 3.26. The summed E-state index contributed by atoms with van der Waals surface area (Å²) in [4.78, 5) is 23.2. The molecule has 2 rings (SSSR count). The van der Waals surface area contributed by atoms with E-state index in [9.17, 15) is 9.59 Å². The van der Waals surface area contributed by atoms with Crippen LogP contribution in [-0.4, -0.2) is 23.0 Å². The summed E-state index contributed by atoms with van der Waals surface area (Å²) in [7, 11) is 0. The van der Waals surface area contributed by atoms with E-state index >= 15 is 0 Å². The molecule has 1 unspecified atom stereocenters. The van der Waals surface area contributed by atoms with E-state index in [1.807, 2.05) is 13.0 Å². The minimum atomic E-state index is -1.12. The maximum absolute atomic E-state index is 12.1. The van der Waals surface area contributed by atoms with E-state index in [-0.39, 0.29) is 17.2 Å². The van der Waals surface area contributed by atoms with Crippen molar-refractivity contribution >= 4 is 11.9 Å². The third-order valence-electron chi connectivity index (χ3n) is 2.87. The Bertz CT molecular complexity index is 604. The fourth-order valence-electron chi connectivity index (χ4n) is 1.95. The molecule has 1 aromatic heterocycles. The SMILES string of the molecule is CC(Cc1ccco1)NC(=O)c1ccccc1C(=O)O. The van der Waals surface area contributed by atoms with E-state index in [4.69, 9.17) is 9.52 Å². The first-order valence-corrected chi connectivity index (χ1v) is 6.23. The third-order valence-corrected chi connectivity index (χ3v) is 2.87. The summed E-state index contributed by atoms with van der Waals surface area (Å²) in [6.45, 7) is 1.84. The van der Waals surface area contributed by atoms with Gasteiger partial charge < -0.3 is 14.8 Å². The van der Waals surface area contributed by atoms with Gasteiger partial charge in [0.25, 0.3) is 5.91 Å². The van der Waals surface area contributed by atoms with Crippen molar-refractivity contribution < 1.29 is 19.1 Å². The molecule has 0 aliphatic carbocycles. The van der Waals surface area contributed by atoms with Crippen molar-refractivity contribution in [2.75, 3.05) is 0 Å². The van der Waals surface area contributed by atoms with E-state index in [0.29, 0.717) is 6.42 Å². The number of hydrogen-bond donors (Lipinski definition) is 2. The van der Waals surface area contributed by atoms with Gasteiger partial charge in [0.2, 0.25) is 0 Å². The lowest BCUT2D eigenvalue weighted by Gasteiger charge is -2.13. The molecular formula is C15H15NO4. The van der Waals surface area contributed by atoms with E-state index in [1.54, 1.807) is 24.5 Å². The van der Waals surface area contributed by atoms with Gasteiger partial charge in [-0.05, 0) is 31.2 Å². The maximum atomic E-state index is 12.1. The number of carbonyl (C=O) groups is 2. The fourth-order valence-corrected chi connectivity index (χ4v) is 1.95. The molecule has 5 heteroatoms. The fraction of sp³-hybridized carbons (Fsp3) is 0.200. The molecule has 5 nitrogen and oxygen atoms in total. The molecule has 0 aliphatic heterocycles. The minimum Gasteiger partial charge on any atom is -0.478 e. The normalized spacial score (nSPS) is 11.8. The second-order valence-electron chi connectivity index (χ2n) is 4.51. The first-order chi connectivity index (χ1) is 9.58. The van der Waals surface area contributed by atoms with Crippen LogP contribution in [0.1, 0.15) is 33.4 Å². The van der Waals surface area contributed by atoms with E-state index in [0.717, 1.165) is 5.76 Å². The average Bonchev–Trinajstić information content (AvgIpc) is 2.91. The second-order valence-corrected chi connectivity index (χ2v) is 4.51. The number of carbonyl (C=O) groups excluding carboxylic acids is 1. The van der Waals surface area contributed by atoms with Gasteiger partial charge in [-0.1, -0.05) is 12.1 Å². The molecule has 1 heterocycles. The standard InChI is InChI=1S/C15H15NO4/c1-10(9-11-5-4-8-20-11)16-14(17)12-6-2-3-7-13(12)15(18)19/h2-8,10H,9H2,1H3,(H,16,17)(H,18,19). The lowest BCUT2D eigenvalue weighted by Crippen LogP contribution is -2.34. The highest BCUT2D eigenvalue weighted by molar-refractivity contribution is 6.04. The molecule has 0 radical (unpaired) electrons. The molecule has 1 amide bonds. The molecule has 1 aromatic carbocycles. The molecule has 1 atom stereocenters. The van der Waals surface area contributed by atoms with Crippen LogP contribution < -0.4 is 5.32 Å². The van der Waals surface area contributed by atoms with Crippen LogP contribution in [-0.2, 0) is 6.42 Å². The van der Waals surface area contributed by atoms with Crippen molar-refractivity contribution in [1.82, 2.24) is 5.32 Å². The monoisotopic (exact) mass is 273 g/mol. The Morgan fingerprint density at radius 1 is 1.20 bits per heavy atom. The summed E-state index contributed by atoms with van der Waals surface area (Å²) in [5, 5.41) is 11.8. The van der Waals surface area contributed by atoms with E-state index < -0.39 is 11.9 Å². The molecule has 0 aliphatic rings. The Balaban J connectivity index is 2.06. The number of amides is 1. The zero-order valence-corrected chi connectivity index (χ0v) is 11.0. The predicted octanol–water partition coefficient (Wildman–Crippen LogP) is 2.34. The van der Waals surface area contributed by atoms with Crippen LogP contribution in [0.3, 0.4) is 0 Å². The Morgan fingerprint density at radius 3 is 2.50 bits per heavy atom. The van der Waals surface area contributed by atoms with Crippen molar-refractivity contribution in [1.29, 1.82) is 0 Å². The summed E-state index contributed by atoms with van der Waals surface area (Å²) in [6, 6.07) is 9.59. The van der Waals surface area contributed by atoms with Crippen molar-refractivity contribution in [2.45, 2.75) is 19.4 Å². The van der Waals surface area contributed by atoms with Gasteiger partial charge in [-0.3, -0.25) is 4.79 Å².